The molecule has 77 valence electrons. The summed E-state index contributed by atoms with van der Waals surface area (Å²) in [5, 5.41) is 4.35. The first-order chi connectivity index (χ1) is 7.42. The van der Waals surface area contributed by atoms with Crippen LogP contribution in [0.15, 0.2) is 35.0 Å². The summed E-state index contributed by atoms with van der Waals surface area (Å²) in [5.74, 6) is 2.64. The largest absolute Gasteiger partial charge is 0.149 e. The number of hydrogen-bond donors (Lipinski definition) is 0. The van der Waals surface area contributed by atoms with E-state index in [1.807, 2.05) is 22.7 Å². The predicted molar refractivity (Wildman–Crippen MR) is 67.4 cm³/mol. The van der Waals surface area contributed by atoms with Crippen molar-refractivity contribution in [3.05, 3.63) is 50.7 Å². The Morgan fingerprint density at radius 1 is 1.07 bits per heavy atom. The number of thiophene rings is 2. The van der Waals surface area contributed by atoms with Gasteiger partial charge in [0.1, 0.15) is 0 Å². The van der Waals surface area contributed by atoms with Crippen molar-refractivity contribution in [2.45, 2.75) is 19.3 Å². The van der Waals surface area contributed by atoms with Gasteiger partial charge < -0.3 is 0 Å². The van der Waals surface area contributed by atoms with E-state index in [1.165, 1.54) is 24.1 Å². The molecule has 1 unspecified atom stereocenters. The third-order valence-corrected chi connectivity index (χ3v) is 4.71. The van der Waals surface area contributed by atoms with Gasteiger partial charge in [0.15, 0.2) is 0 Å². The SMILES string of the molecule is c1csc(C[C]2CC2Cc2cccs2)c1. The van der Waals surface area contributed by atoms with Gasteiger partial charge in [0.2, 0.25) is 0 Å². The summed E-state index contributed by atoms with van der Waals surface area (Å²) in [5.41, 5.74) is 0. The molecule has 0 aromatic carbocycles. The molecule has 3 rings (SSSR count). The summed E-state index contributed by atoms with van der Waals surface area (Å²) in [6.45, 7) is 0. The molecule has 2 aromatic heterocycles. The van der Waals surface area contributed by atoms with E-state index in [9.17, 15) is 0 Å². The lowest BCUT2D eigenvalue weighted by Gasteiger charge is -1.96. The van der Waals surface area contributed by atoms with Crippen LogP contribution in [-0.2, 0) is 12.8 Å². The van der Waals surface area contributed by atoms with Crippen LogP contribution in [-0.4, -0.2) is 0 Å². The van der Waals surface area contributed by atoms with Crippen LogP contribution < -0.4 is 0 Å². The number of rotatable bonds is 4. The number of hydrogen-bond acceptors (Lipinski definition) is 2. The molecule has 1 saturated carbocycles. The van der Waals surface area contributed by atoms with Crippen LogP contribution in [0, 0.1) is 11.8 Å². The summed E-state index contributed by atoms with van der Waals surface area (Å²) < 4.78 is 0. The molecular formula is C13H13S2. The maximum absolute atomic E-state index is 2.26. The molecule has 2 heteroatoms. The summed E-state index contributed by atoms with van der Waals surface area (Å²) in [6.07, 6.45) is 3.86. The monoisotopic (exact) mass is 233 g/mol. The fraction of sp³-hybridized carbons (Fsp3) is 0.308. The van der Waals surface area contributed by atoms with Gasteiger partial charge in [-0.15, -0.1) is 22.7 Å². The van der Waals surface area contributed by atoms with Crippen molar-refractivity contribution in [3.63, 3.8) is 0 Å². The lowest BCUT2D eigenvalue weighted by atomic mass is 10.1. The Bertz CT molecular complexity index is 359. The second-order valence-corrected chi connectivity index (χ2v) is 6.16. The summed E-state index contributed by atoms with van der Waals surface area (Å²) >= 11 is 3.77. The zero-order valence-electron chi connectivity index (χ0n) is 8.48. The Morgan fingerprint density at radius 2 is 1.80 bits per heavy atom. The van der Waals surface area contributed by atoms with E-state index in [0.29, 0.717) is 0 Å². The quantitative estimate of drug-likeness (QED) is 0.743. The van der Waals surface area contributed by atoms with Crippen molar-refractivity contribution in [3.8, 4) is 0 Å². The van der Waals surface area contributed by atoms with Gasteiger partial charge in [0, 0.05) is 9.75 Å². The van der Waals surface area contributed by atoms with Crippen molar-refractivity contribution in [2.75, 3.05) is 0 Å². The van der Waals surface area contributed by atoms with Gasteiger partial charge in [-0.1, -0.05) is 12.1 Å². The van der Waals surface area contributed by atoms with Gasteiger partial charge in [-0.3, -0.25) is 0 Å². The Labute approximate surface area is 98.6 Å². The third-order valence-electron chi connectivity index (χ3n) is 2.93. The molecule has 1 radical (unpaired) electrons. The van der Waals surface area contributed by atoms with Crippen LogP contribution in [0.5, 0.6) is 0 Å². The molecule has 1 aliphatic rings. The Morgan fingerprint density at radius 3 is 2.47 bits per heavy atom. The summed E-state index contributed by atoms with van der Waals surface area (Å²) in [6, 6.07) is 8.81. The molecule has 15 heavy (non-hydrogen) atoms. The van der Waals surface area contributed by atoms with E-state index >= 15 is 0 Å². The fourth-order valence-corrected chi connectivity index (χ4v) is 3.54. The molecule has 2 heterocycles. The molecule has 1 aliphatic carbocycles. The highest BCUT2D eigenvalue weighted by atomic mass is 32.1. The summed E-state index contributed by atoms with van der Waals surface area (Å²) in [7, 11) is 0. The van der Waals surface area contributed by atoms with Crippen molar-refractivity contribution >= 4 is 22.7 Å². The molecule has 1 fully saturated rings. The van der Waals surface area contributed by atoms with Crippen LogP contribution in [0.1, 0.15) is 16.2 Å². The highest BCUT2D eigenvalue weighted by Gasteiger charge is 2.37. The van der Waals surface area contributed by atoms with Gasteiger partial charge in [-0.2, -0.15) is 0 Å². The maximum atomic E-state index is 2.26. The molecule has 1 atom stereocenters. The summed E-state index contributed by atoms with van der Waals surface area (Å²) in [4.78, 5) is 3.07. The first kappa shape index (κ1) is 9.61. The zero-order valence-corrected chi connectivity index (χ0v) is 10.1. The van der Waals surface area contributed by atoms with Gasteiger partial charge in [-0.05, 0) is 54.0 Å². The average Bonchev–Trinajstić information content (AvgIpc) is 2.72. The normalized spacial score (nSPS) is 20.7. The molecule has 0 N–H and O–H groups in total. The van der Waals surface area contributed by atoms with E-state index in [4.69, 9.17) is 0 Å². The topological polar surface area (TPSA) is 0 Å². The third kappa shape index (κ3) is 2.32. The molecule has 0 saturated heterocycles. The standard InChI is InChI=1S/C13H13S2/c1-3-12(14-5-1)8-10-7-11(10)9-13-4-2-6-15-13/h1-6,10H,7-9H2. The highest BCUT2D eigenvalue weighted by molar-refractivity contribution is 7.10. The van der Waals surface area contributed by atoms with Crippen molar-refractivity contribution in [1.29, 1.82) is 0 Å². The van der Waals surface area contributed by atoms with Crippen LogP contribution in [0.2, 0.25) is 0 Å². The molecule has 0 amide bonds. The Balaban J connectivity index is 1.52. The van der Waals surface area contributed by atoms with E-state index in [-0.39, 0.29) is 0 Å². The van der Waals surface area contributed by atoms with E-state index in [0.717, 1.165) is 5.92 Å². The molecule has 2 aromatic rings. The van der Waals surface area contributed by atoms with E-state index < -0.39 is 0 Å². The lowest BCUT2D eigenvalue weighted by Crippen LogP contribution is -1.88. The molecular weight excluding hydrogens is 220 g/mol. The van der Waals surface area contributed by atoms with Crippen molar-refractivity contribution < 1.29 is 0 Å². The zero-order chi connectivity index (χ0) is 10.1. The minimum Gasteiger partial charge on any atom is -0.149 e. The van der Waals surface area contributed by atoms with Crippen LogP contribution in [0.25, 0.3) is 0 Å². The van der Waals surface area contributed by atoms with E-state index in [2.05, 4.69) is 35.0 Å². The van der Waals surface area contributed by atoms with Crippen LogP contribution >= 0.6 is 22.7 Å². The first-order valence-corrected chi connectivity index (χ1v) is 7.07. The second-order valence-electron chi connectivity index (χ2n) is 4.10. The fourth-order valence-electron chi connectivity index (χ4n) is 2.00. The smallest absolute Gasteiger partial charge is 0.00510 e. The predicted octanol–water partition coefficient (Wildman–Crippen LogP) is 4.19. The minimum absolute atomic E-state index is 0.880. The van der Waals surface area contributed by atoms with Crippen LogP contribution in [0.4, 0.5) is 0 Å². The van der Waals surface area contributed by atoms with Crippen LogP contribution in [0.3, 0.4) is 0 Å². The van der Waals surface area contributed by atoms with Gasteiger partial charge in [0.05, 0.1) is 0 Å². The van der Waals surface area contributed by atoms with Gasteiger partial charge in [-0.25, -0.2) is 0 Å². The lowest BCUT2D eigenvalue weighted by molar-refractivity contribution is 0.840. The molecule has 0 bridgehead atoms. The van der Waals surface area contributed by atoms with Gasteiger partial charge >= 0.3 is 0 Å². The molecule has 0 nitrogen and oxygen atoms in total. The average molecular weight is 233 g/mol. The Kier molecular flexibility index (Phi) is 2.63. The molecule has 0 aliphatic heterocycles. The molecule has 0 spiro atoms. The maximum Gasteiger partial charge on any atom is 0.00510 e. The minimum atomic E-state index is 0.880. The van der Waals surface area contributed by atoms with Gasteiger partial charge in [0.25, 0.3) is 0 Å². The van der Waals surface area contributed by atoms with Crippen molar-refractivity contribution in [2.24, 2.45) is 5.92 Å². The van der Waals surface area contributed by atoms with Crippen molar-refractivity contribution in [1.82, 2.24) is 0 Å². The second kappa shape index (κ2) is 4.11. The van der Waals surface area contributed by atoms with E-state index in [1.54, 1.807) is 10.8 Å². The highest BCUT2D eigenvalue weighted by Crippen LogP contribution is 2.46. The Hall–Kier alpha value is -0.600. The first-order valence-electron chi connectivity index (χ1n) is 5.31.